The maximum absolute atomic E-state index is 12.6. The first-order chi connectivity index (χ1) is 12.0. The van der Waals surface area contributed by atoms with E-state index in [1.54, 1.807) is 30.1 Å². The van der Waals surface area contributed by atoms with Crippen molar-refractivity contribution in [1.29, 1.82) is 0 Å². The summed E-state index contributed by atoms with van der Waals surface area (Å²) < 4.78 is 3.05. The number of para-hydroxylation sites is 1. The number of hydrogen-bond acceptors (Lipinski definition) is 3. The van der Waals surface area contributed by atoms with E-state index < -0.39 is 23.7 Å². The van der Waals surface area contributed by atoms with Crippen LogP contribution in [0.3, 0.4) is 0 Å². The molecular formula is C18H21N3O4. The second kappa shape index (κ2) is 6.96. The molecule has 7 heteroatoms. The fourth-order valence-electron chi connectivity index (χ4n) is 3.48. The van der Waals surface area contributed by atoms with E-state index in [4.69, 9.17) is 0 Å². The van der Waals surface area contributed by atoms with Crippen LogP contribution in [0.15, 0.2) is 41.3 Å². The highest BCUT2D eigenvalue weighted by Gasteiger charge is 2.36. The van der Waals surface area contributed by atoms with Gasteiger partial charge < -0.3 is 10.4 Å². The molecule has 1 amide bonds. The van der Waals surface area contributed by atoms with Crippen molar-refractivity contribution in [2.75, 3.05) is 5.32 Å². The van der Waals surface area contributed by atoms with Crippen LogP contribution < -0.4 is 10.9 Å². The molecule has 0 unspecified atom stereocenters. The van der Waals surface area contributed by atoms with Crippen molar-refractivity contribution in [2.45, 2.75) is 25.7 Å². The SMILES string of the molecule is Cn1cc(NC(=O)[C@@H]2CCCC[C@H]2C(=O)O)c(=O)n1-c1ccccc1. The predicted octanol–water partition coefficient (Wildman–Crippen LogP) is 2.01. The number of rotatable bonds is 4. The smallest absolute Gasteiger partial charge is 0.307 e. The van der Waals surface area contributed by atoms with E-state index in [2.05, 4.69) is 5.32 Å². The van der Waals surface area contributed by atoms with Crippen molar-refractivity contribution in [2.24, 2.45) is 18.9 Å². The highest BCUT2D eigenvalue weighted by atomic mass is 16.4. The summed E-state index contributed by atoms with van der Waals surface area (Å²) in [7, 11) is 1.71. The first-order valence-corrected chi connectivity index (χ1v) is 8.37. The molecule has 0 radical (unpaired) electrons. The van der Waals surface area contributed by atoms with Gasteiger partial charge in [0.15, 0.2) is 0 Å². The van der Waals surface area contributed by atoms with E-state index in [0.29, 0.717) is 18.5 Å². The molecule has 1 heterocycles. The van der Waals surface area contributed by atoms with Gasteiger partial charge in [-0.05, 0) is 25.0 Å². The van der Waals surface area contributed by atoms with Crippen LogP contribution >= 0.6 is 0 Å². The minimum Gasteiger partial charge on any atom is -0.481 e. The lowest BCUT2D eigenvalue weighted by Gasteiger charge is -2.27. The number of carbonyl (C=O) groups is 2. The van der Waals surface area contributed by atoms with Crippen molar-refractivity contribution >= 4 is 17.6 Å². The molecule has 1 aliphatic rings. The molecule has 132 valence electrons. The molecule has 0 spiro atoms. The number of aliphatic carboxylic acids is 1. The zero-order valence-corrected chi connectivity index (χ0v) is 14.0. The van der Waals surface area contributed by atoms with Crippen molar-refractivity contribution < 1.29 is 14.7 Å². The van der Waals surface area contributed by atoms with Gasteiger partial charge in [-0.25, -0.2) is 4.68 Å². The van der Waals surface area contributed by atoms with Gasteiger partial charge in [0, 0.05) is 7.05 Å². The van der Waals surface area contributed by atoms with Gasteiger partial charge in [-0.1, -0.05) is 31.0 Å². The van der Waals surface area contributed by atoms with E-state index >= 15 is 0 Å². The van der Waals surface area contributed by atoms with Crippen LogP contribution in [-0.4, -0.2) is 26.3 Å². The minimum atomic E-state index is -0.949. The van der Waals surface area contributed by atoms with Crippen LogP contribution in [0.4, 0.5) is 5.69 Å². The molecule has 0 aliphatic heterocycles. The summed E-state index contributed by atoms with van der Waals surface area (Å²) in [6, 6.07) is 9.11. The average Bonchev–Trinajstić information content (AvgIpc) is 2.89. The third-order valence-corrected chi connectivity index (χ3v) is 4.73. The second-order valence-corrected chi connectivity index (χ2v) is 6.39. The largest absolute Gasteiger partial charge is 0.481 e. The molecule has 2 N–H and O–H groups in total. The summed E-state index contributed by atoms with van der Waals surface area (Å²) in [5, 5.41) is 12.0. The topological polar surface area (TPSA) is 93.3 Å². The molecule has 1 aromatic heterocycles. The number of anilines is 1. The van der Waals surface area contributed by atoms with E-state index in [-0.39, 0.29) is 11.2 Å². The number of hydrogen-bond donors (Lipinski definition) is 2. The zero-order valence-electron chi connectivity index (χ0n) is 14.0. The Balaban J connectivity index is 1.85. The Bertz CT molecular complexity index is 838. The maximum Gasteiger partial charge on any atom is 0.307 e. The Morgan fingerprint density at radius 1 is 1.12 bits per heavy atom. The monoisotopic (exact) mass is 343 g/mol. The van der Waals surface area contributed by atoms with Crippen LogP contribution in [0, 0.1) is 11.8 Å². The molecule has 1 saturated carbocycles. The Hall–Kier alpha value is -2.83. The standard InChI is InChI=1S/C18H21N3O4/c1-20-11-15(17(23)21(20)12-7-3-2-4-8-12)19-16(22)13-9-5-6-10-14(13)18(24)25/h2-4,7-8,11,13-14H,5-6,9-10H2,1H3,(H,19,22)(H,24,25)/t13-,14-/m1/s1. The summed E-state index contributed by atoms with van der Waals surface area (Å²) in [4.78, 5) is 36.6. The Morgan fingerprint density at radius 3 is 2.40 bits per heavy atom. The summed E-state index contributed by atoms with van der Waals surface area (Å²) in [6.07, 6.45) is 4.21. The average molecular weight is 343 g/mol. The highest BCUT2D eigenvalue weighted by molar-refractivity contribution is 5.95. The Labute approximate surface area is 144 Å². The maximum atomic E-state index is 12.6. The molecule has 1 aliphatic carbocycles. The molecule has 2 aromatic rings. The predicted molar refractivity (Wildman–Crippen MR) is 92.7 cm³/mol. The quantitative estimate of drug-likeness (QED) is 0.888. The van der Waals surface area contributed by atoms with E-state index in [0.717, 1.165) is 12.8 Å². The number of benzene rings is 1. The molecule has 2 atom stereocenters. The van der Waals surface area contributed by atoms with E-state index in [9.17, 15) is 19.5 Å². The molecular weight excluding hydrogens is 322 g/mol. The molecule has 0 bridgehead atoms. The minimum absolute atomic E-state index is 0.158. The van der Waals surface area contributed by atoms with Gasteiger partial charge in [0.05, 0.1) is 23.7 Å². The van der Waals surface area contributed by atoms with Crippen LogP contribution in [0.1, 0.15) is 25.7 Å². The first kappa shape index (κ1) is 17.0. The molecule has 7 nitrogen and oxygen atoms in total. The fourth-order valence-corrected chi connectivity index (χ4v) is 3.48. The lowest BCUT2D eigenvalue weighted by Crippen LogP contribution is -2.36. The number of carbonyl (C=O) groups excluding carboxylic acids is 1. The van der Waals surface area contributed by atoms with E-state index in [1.165, 1.54) is 4.68 Å². The van der Waals surface area contributed by atoms with Gasteiger partial charge in [-0.15, -0.1) is 0 Å². The summed E-state index contributed by atoms with van der Waals surface area (Å²) >= 11 is 0. The number of aryl methyl sites for hydroxylation is 1. The number of carboxylic acids is 1. The van der Waals surface area contributed by atoms with Crippen LogP contribution in [0.5, 0.6) is 0 Å². The zero-order chi connectivity index (χ0) is 18.0. The summed E-state index contributed by atoms with van der Waals surface area (Å²) in [6.45, 7) is 0. The van der Waals surface area contributed by atoms with Gasteiger partial charge in [0.2, 0.25) is 5.91 Å². The summed E-state index contributed by atoms with van der Waals surface area (Å²) in [5.74, 6) is -2.63. The van der Waals surface area contributed by atoms with Gasteiger partial charge in [0.25, 0.3) is 5.56 Å². The number of aromatic nitrogens is 2. The van der Waals surface area contributed by atoms with Crippen molar-refractivity contribution in [1.82, 2.24) is 9.36 Å². The van der Waals surface area contributed by atoms with Gasteiger partial charge in [-0.2, -0.15) is 0 Å². The van der Waals surface area contributed by atoms with Crippen molar-refractivity contribution in [3.05, 3.63) is 46.9 Å². The highest BCUT2D eigenvalue weighted by Crippen LogP contribution is 2.31. The second-order valence-electron chi connectivity index (χ2n) is 6.39. The van der Waals surface area contributed by atoms with Gasteiger partial charge in [0.1, 0.15) is 5.69 Å². The molecule has 1 fully saturated rings. The van der Waals surface area contributed by atoms with Crippen LogP contribution in [-0.2, 0) is 16.6 Å². The third-order valence-electron chi connectivity index (χ3n) is 4.73. The van der Waals surface area contributed by atoms with Gasteiger partial charge in [-0.3, -0.25) is 19.1 Å². The summed E-state index contributed by atoms with van der Waals surface area (Å²) in [5.41, 5.74) is 0.507. The fraction of sp³-hybridized carbons (Fsp3) is 0.389. The lowest BCUT2D eigenvalue weighted by atomic mass is 9.78. The van der Waals surface area contributed by atoms with Gasteiger partial charge >= 0.3 is 5.97 Å². The lowest BCUT2D eigenvalue weighted by molar-refractivity contribution is -0.147. The number of nitrogens with zero attached hydrogens (tertiary/aromatic N) is 2. The van der Waals surface area contributed by atoms with Crippen LogP contribution in [0.2, 0.25) is 0 Å². The van der Waals surface area contributed by atoms with Crippen molar-refractivity contribution in [3.63, 3.8) is 0 Å². The third kappa shape index (κ3) is 3.35. The Morgan fingerprint density at radius 2 is 1.76 bits per heavy atom. The normalized spacial score (nSPS) is 20.2. The van der Waals surface area contributed by atoms with E-state index in [1.807, 2.05) is 18.2 Å². The number of amides is 1. The molecule has 1 aromatic carbocycles. The van der Waals surface area contributed by atoms with Crippen molar-refractivity contribution in [3.8, 4) is 5.69 Å². The number of nitrogens with one attached hydrogen (secondary N) is 1. The molecule has 3 rings (SSSR count). The Kier molecular flexibility index (Phi) is 4.74. The molecule has 25 heavy (non-hydrogen) atoms. The number of carboxylic acid groups (broad SMARTS) is 1. The first-order valence-electron chi connectivity index (χ1n) is 8.37. The van der Waals surface area contributed by atoms with Crippen LogP contribution in [0.25, 0.3) is 5.69 Å². The molecule has 0 saturated heterocycles.